The highest BCUT2D eigenvalue weighted by Gasteiger charge is 2.32. The van der Waals surface area contributed by atoms with E-state index in [2.05, 4.69) is 10.6 Å². The zero-order valence-electron chi connectivity index (χ0n) is 10.7. The summed E-state index contributed by atoms with van der Waals surface area (Å²) in [4.78, 5) is 35.3. The Balaban J connectivity index is 1.86. The van der Waals surface area contributed by atoms with Crippen molar-refractivity contribution >= 4 is 17.6 Å². The fraction of sp³-hybridized carbons (Fsp3) is 0.769. The molecule has 1 saturated carbocycles. The third-order valence-electron chi connectivity index (χ3n) is 3.85. The number of piperidine rings is 1. The van der Waals surface area contributed by atoms with Gasteiger partial charge in [0.25, 0.3) is 5.91 Å². The minimum atomic E-state index is -0.586. The van der Waals surface area contributed by atoms with Crippen LogP contribution < -0.4 is 10.6 Å². The van der Waals surface area contributed by atoms with E-state index in [-0.39, 0.29) is 23.7 Å². The first-order valence-corrected chi connectivity index (χ1v) is 6.73. The molecule has 1 saturated heterocycles. The van der Waals surface area contributed by atoms with Crippen molar-refractivity contribution in [3.63, 3.8) is 0 Å². The molecule has 5 heteroatoms. The highest BCUT2D eigenvalue weighted by Crippen LogP contribution is 2.25. The Bertz CT molecular complexity index is 361. The molecule has 100 valence electrons. The second-order valence-corrected chi connectivity index (χ2v) is 5.36. The van der Waals surface area contributed by atoms with Crippen molar-refractivity contribution in [1.82, 2.24) is 10.6 Å². The van der Waals surface area contributed by atoms with Crippen LogP contribution in [0.4, 0.5) is 0 Å². The number of amides is 2. The van der Waals surface area contributed by atoms with E-state index < -0.39 is 11.9 Å². The van der Waals surface area contributed by atoms with E-state index in [1.165, 1.54) is 0 Å². The summed E-state index contributed by atoms with van der Waals surface area (Å²) < 4.78 is 0. The lowest BCUT2D eigenvalue weighted by molar-refractivity contribution is -0.142. The number of nitrogens with one attached hydrogen (secondary N) is 2. The van der Waals surface area contributed by atoms with Crippen LogP contribution in [0.1, 0.15) is 45.4 Å². The van der Waals surface area contributed by atoms with Crippen molar-refractivity contribution in [2.24, 2.45) is 5.92 Å². The monoisotopic (exact) mass is 252 g/mol. The summed E-state index contributed by atoms with van der Waals surface area (Å²) in [6, 6.07) is -0.393. The maximum Gasteiger partial charge on any atom is 0.288 e. The van der Waals surface area contributed by atoms with E-state index in [4.69, 9.17) is 0 Å². The van der Waals surface area contributed by atoms with Crippen molar-refractivity contribution in [3.05, 3.63) is 0 Å². The van der Waals surface area contributed by atoms with Gasteiger partial charge in [-0.25, -0.2) is 0 Å². The molecule has 2 unspecified atom stereocenters. The summed E-state index contributed by atoms with van der Waals surface area (Å²) in [5.74, 6) is -1.24. The third kappa shape index (κ3) is 2.89. The van der Waals surface area contributed by atoms with Crippen LogP contribution >= 0.6 is 0 Å². The minimum Gasteiger partial charge on any atom is -0.352 e. The lowest BCUT2D eigenvalue weighted by Gasteiger charge is -2.27. The van der Waals surface area contributed by atoms with Gasteiger partial charge in [0, 0.05) is 12.0 Å². The summed E-state index contributed by atoms with van der Waals surface area (Å²) in [5.41, 5.74) is 0. The van der Waals surface area contributed by atoms with Crippen molar-refractivity contribution in [1.29, 1.82) is 0 Å². The zero-order valence-corrected chi connectivity index (χ0v) is 10.7. The fourth-order valence-electron chi connectivity index (χ4n) is 2.70. The van der Waals surface area contributed by atoms with E-state index in [0.717, 1.165) is 32.1 Å². The number of carbonyl (C=O) groups is 3. The number of carbonyl (C=O) groups excluding carboxylic acids is 3. The van der Waals surface area contributed by atoms with E-state index >= 15 is 0 Å². The normalized spacial score (nSPS) is 28.8. The summed E-state index contributed by atoms with van der Waals surface area (Å²) in [5, 5.41) is 5.34. The predicted octanol–water partition coefficient (Wildman–Crippen LogP) is 0.529. The standard InChI is InChI=1S/C13H20N2O3/c1-8-6-7-10(12(17)14-8)15-13(18)11(16)9-4-2-3-5-9/h8-10H,2-7H2,1H3,(H,14,17)(H,15,18). The molecule has 1 aliphatic carbocycles. The third-order valence-corrected chi connectivity index (χ3v) is 3.85. The van der Waals surface area contributed by atoms with Crippen molar-refractivity contribution in [2.75, 3.05) is 0 Å². The number of ketones is 1. The molecule has 1 heterocycles. The van der Waals surface area contributed by atoms with E-state index in [0.29, 0.717) is 6.42 Å². The number of Topliss-reactive ketones (excluding diaryl/α,β-unsaturated/α-hetero) is 1. The van der Waals surface area contributed by atoms with Crippen LogP contribution in [0.3, 0.4) is 0 Å². The molecule has 18 heavy (non-hydrogen) atoms. The van der Waals surface area contributed by atoms with Gasteiger partial charge in [-0.05, 0) is 32.6 Å². The summed E-state index contributed by atoms with van der Waals surface area (Å²) in [6.45, 7) is 1.93. The van der Waals surface area contributed by atoms with Crippen molar-refractivity contribution in [2.45, 2.75) is 57.5 Å². The molecule has 0 aromatic heterocycles. The van der Waals surface area contributed by atoms with Crippen LogP contribution in [0.25, 0.3) is 0 Å². The molecule has 0 radical (unpaired) electrons. The van der Waals surface area contributed by atoms with Gasteiger partial charge in [-0.15, -0.1) is 0 Å². The zero-order chi connectivity index (χ0) is 13.1. The van der Waals surface area contributed by atoms with E-state index in [1.807, 2.05) is 6.92 Å². The predicted molar refractivity (Wildman–Crippen MR) is 65.7 cm³/mol. The molecule has 1 aliphatic heterocycles. The molecule has 2 rings (SSSR count). The molecule has 2 fully saturated rings. The molecule has 0 aromatic carbocycles. The molecule has 2 N–H and O–H groups in total. The van der Waals surface area contributed by atoms with Gasteiger partial charge in [-0.1, -0.05) is 12.8 Å². The Morgan fingerprint density at radius 3 is 2.44 bits per heavy atom. The fourth-order valence-corrected chi connectivity index (χ4v) is 2.70. The Labute approximate surface area is 107 Å². The quantitative estimate of drug-likeness (QED) is 0.719. The van der Waals surface area contributed by atoms with Gasteiger partial charge in [0.2, 0.25) is 11.7 Å². The van der Waals surface area contributed by atoms with Crippen LogP contribution in [0, 0.1) is 5.92 Å². The van der Waals surface area contributed by atoms with Gasteiger partial charge in [0.15, 0.2) is 0 Å². The molecular formula is C13H20N2O3. The van der Waals surface area contributed by atoms with Gasteiger partial charge in [-0.2, -0.15) is 0 Å². The lowest BCUT2D eigenvalue weighted by atomic mass is 9.99. The van der Waals surface area contributed by atoms with Crippen molar-refractivity contribution in [3.8, 4) is 0 Å². The van der Waals surface area contributed by atoms with E-state index in [9.17, 15) is 14.4 Å². The van der Waals surface area contributed by atoms with Crippen molar-refractivity contribution < 1.29 is 14.4 Å². The second-order valence-electron chi connectivity index (χ2n) is 5.36. The number of rotatable bonds is 3. The Hall–Kier alpha value is -1.39. The van der Waals surface area contributed by atoms with Crippen LogP contribution in [0.2, 0.25) is 0 Å². The molecule has 0 spiro atoms. The van der Waals surface area contributed by atoms with Gasteiger partial charge in [0.05, 0.1) is 0 Å². The largest absolute Gasteiger partial charge is 0.352 e. The molecule has 2 amide bonds. The SMILES string of the molecule is CC1CCC(NC(=O)C(=O)C2CCCC2)C(=O)N1. The topological polar surface area (TPSA) is 75.3 Å². The smallest absolute Gasteiger partial charge is 0.288 e. The Kier molecular flexibility index (Phi) is 3.99. The second kappa shape index (κ2) is 5.50. The Morgan fingerprint density at radius 2 is 1.83 bits per heavy atom. The van der Waals surface area contributed by atoms with E-state index in [1.54, 1.807) is 0 Å². The van der Waals surface area contributed by atoms with Crippen LogP contribution in [-0.4, -0.2) is 29.7 Å². The highest BCUT2D eigenvalue weighted by molar-refractivity contribution is 6.37. The molecule has 5 nitrogen and oxygen atoms in total. The summed E-state index contributed by atoms with van der Waals surface area (Å²) >= 11 is 0. The average Bonchev–Trinajstić information content (AvgIpc) is 2.85. The average molecular weight is 252 g/mol. The first-order chi connectivity index (χ1) is 8.58. The highest BCUT2D eigenvalue weighted by atomic mass is 16.2. The molecular weight excluding hydrogens is 232 g/mol. The lowest BCUT2D eigenvalue weighted by Crippen LogP contribution is -2.54. The Morgan fingerprint density at radius 1 is 1.17 bits per heavy atom. The molecule has 0 aromatic rings. The van der Waals surface area contributed by atoms with Gasteiger partial charge in [0.1, 0.15) is 6.04 Å². The number of hydrogen-bond acceptors (Lipinski definition) is 3. The van der Waals surface area contributed by atoms with Gasteiger partial charge >= 0.3 is 0 Å². The molecule has 2 atom stereocenters. The van der Waals surface area contributed by atoms with Crippen LogP contribution in [-0.2, 0) is 14.4 Å². The molecule has 0 bridgehead atoms. The number of hydrogen-bond donors (Lipinski definition) is 2. The van der Waals surface area contributed by atoms with Crippen LogP contribution in [0.5, 0.6) is 0 Å². The van der Waals surface area contributed by atoms with Gasteiger partial charge < -0.3 is 10.6 Å². The first-order valence-electron chi connectivity index (χ1n) is 6.73. The van der Waals surface area contributed by atoms with Gasteiger partial charge in [-0.3, -0.25) is 14.4 Å². The minimum absolute atomic E-state index is 0.129. The maximum absolute atomic E-state index is 11.8. The van der Waals surface area contributed by atoms with Crippen LogP contribution in [0.15, 0.2) is 0 Å². The molecule has 2 aliphatic rings. The summed E-state index contributed by atoms with van der Waals surface area (Å²) in [7, 11) is 0. The maximum atomic E-state index is 11.8. The first kappa shape index (κ1) is 13.1. The summed E-state index contributed by atoms with van der Waals surface area (Å²) in [6.07, 6.45) is 5.08.